The van der Waals surface area contributed by atoms with Gasteiger partial charge in [-0.2, -0.15) is 0 Å². The minimum Gasteiger partial charge on any atom is -0.396 e. The number of benzene rings is 1. The normalized spacial score (nSPS) is 23.2. The lowest BCUT2D eigenvalue weighted by Gasteiger charge is -2.18. The highest BCUT2D eigenvalue weighted by Gasteiger charge is 2.33. The van der Waals surface area contributed by atoms with Crippen LogP contribution in [0.1, 0.15) is 18.4 Å². The van der Waals surface area contributed by atoms with Crippen molar-refractivity contribution < 1.29 is 14.4 Å². The molecule has 6 nitrogen and oxygen atoms in total. The van der Waals surface area contributed by atoms with E-state index in [0.29, 0.717) is 23.7 Å². The third-order valence-corrected chi connectivity index (χ3v) is 7.08. The van der Waals surface area contributed by atoms with Gasteiger partial charge in [0.2, 0.25) is 0 Å². The van der Waals surface area contributed by atoms with Crippen molar-refractivity contribution >= 4 is 38.2 Å². The van der Waals surface area contributed by atoms with Gasteiger partial charge in [0.25, 0.3) is 0 Å². The van der Waals surface area contributed by atoms with Crippen molar-refractivity contribution in [3.63, 3.8) is 0 Å². The summed E-state index contributed by atoms with van der Waals surface area (Å²) in [5.41, 5.74) is 2.80. The molecule has 1 aromatic carbocycles. The van der Waals surface area contributed by atoms with Crippen molar-refractivity contribution in [3.8, 4) is 10.6 Å². The SMILES string of the molecule is Cc1cc(S(C)=O)nc(N[C@@H]2C[C@H](CO)[C@@H](O)C2)c1-c1nc2ccccc2s1. The molecule has 2 aromatic heterocycles. The van der Waals surface area contributed by atoms with Crippen LogP contribution in [-0.2, 0) is 10.8 Å². The zero-order valence-electron chi connectivity index (χ0n) is 15.8. The Kier molecular flexibility index (Phi) is 5.46. The van der Waals surface area contributed by atoms with E-state index in [0.717, 1.165) is 26.4 Å². The lowest BCUT2D eigenvalue weighted by molar-refractivity contribution is 0.0908. The third-order valence-electron chi connectivity index (χ3n) is 5.23. The van der Waals surface area contributed by atoms with Crippen LogP contribution in [0.3, 0.4) is 0 Å². The molecule has 1 saturated carbocycles. The fraction of sp³-hybridized carbons (Fsp3) is 0.400. The van der Waals surface area contributed by atoms with Crippen LogP contribution in [0, 0.1) is 12.8 Å². The average molecular weight is 418 g/mol. The smallest absolute Gasteiger partial charge is 0.138 e. The Morgan fingerprint density at radius 2 is 2.07 bits per heavy atom. The molecule has 0 amide bonds. The fourth-order valence-corrected chi connectivity index (χ4v) is 5.39. The summed E-state index contributed by atoms with van der Waals surface area (Å²) < 4.78 is 13.2. The van der Waals surface area contributed by atoms with Gasteiger partial charge in [-0.3, -0.25) is 4.21 Å². The summed E-state index contributed by atoms with van der Waals surface area (Å²) in [4.78, 5) is 9.40. The first-order valence-corrected chi connectivity index (χ1v) is 11.6. The molecule has 3 aromatic rings. The van der Waals surface area contributed by atoms with Crippen molar-refractivity contribution in [2.75, 3.05) is 18.2 Å². The van der Waals surface area contributed by atoms with Gasteiger partial charge in [0.05, 0.1) is 32.7 Å². The highest BCUT2D eigenvalue weighted by atomic mass is 32.2. The number of nitrogens with zero attached hydrogens (tertiary/aromatic N) is 2. The molecule has 0 bridgehead atoms. The molecule has 2 heterocycles. The second-order valence-corrected chi connectivity index (χ2v) is 9.62. The number of aliphatic hydroxyl groups is 2. The standard InChI is InChI=1S/C20H23N3O3S2/c1-11-7-17(28(2)26)23-19(21-13-8-12(10-24)15(25)9-13)18(11)20-22-14-5-3-4-6-16(14)27-20/h3-7,12-13,15,24-25H,8-10H2,1-2H3,(H,21,23)/t12-,13-,15+,28?/m1/s1. The zero-order valence-corrected chi connectivity index (χ0v) is 17.4. The summed E-state index contributed by atoms with van der Waals surface area (Å²) in [5, 5.41) is 24.4. The molecular weight excluding hydrogens is 394 g/mol. The fourth-order valence-electron chi connectivity index (χ4n) is 3.75. The van der Waals surface area contributed by atoms with Gasteiger partial charge in [0, 0.05) is 24.8 Å². The van der Waals surface area contributed by atoms with Crippen LogP contribution in [0.2, 0.25) is 0 Å². The molecule has 28 heavy (non-hydrogen) atoms. The second kappa shape index (κ2) is 7.87. The Bertz CT molecular complexity index is 1000. The maximum absolute atomic E-state index is 12.1. The topological polar surface area (TPSA) is 95.3 Å². The first-order chi connectivity index (χ1) is 13.5. The summed E-state index contributed by atoms with van der Waals surface area (Å²) in [6.07, 6.45) is 2.30. The van der Waals surface area contributed by atoms with Crippen molar-refractivity contribution in [3.05, 3.63) is 35.9 Å². The molecular formula is C20H23N3O3S2. The van der Waals surface area contributed by atoms with Gasteiger partial charge in [0.15, 0.2) is 0 Å². The summed E-state index contributed by atoms with van der Waals surface area (Å²) in [7, 11) is -1.21. The highest BCUT2D eigenvalue weighted by Crippen LogP contribution is 2.38. The number of aryl methyl sites for hydroxylation is 1. The summed E-state index contributed by atoms with van der Waals surface area (Å²) in [6, 6.07) is 9.83. The van der Waals surface area contributed by atoms with Gasteiger partial charge in [-0.1, -0.05) is 12.1 Å². The highest BCUT2D eigenvalue weighted by molar-refractivity contribution is 7.84. The predicted molar refractivity (Wildman–Crippen MR) is 113 cm³/mol. The number of thiazole rings is 1. The van der Waals surface area contributed by atoms with Crippen LogP contribution in [-0.4, -0.2) is 49.4 Å². The van der Waals surface area contributed by atoms with E-state index in [4.69, 9.17) is 4.98 Å². The van der Waals surface area contributed by atoms with Gasteiger partial charge in [0.1, 0.15) is 15.9 Å². The number of fused-ring (bicyclic) bond motifs is 1. The third kappa shape index (κ3) is 3.69. The summed E-state index contributed by atoms with van der Waals surface area (Å²) in [5.74, 6) is 0.507. The minimum atomic E-state index is -1.21. The van der Waals surface area contributed by atoms with Crippen LogP contribution in [0.15, 0.2) is 35.4 Å². The Morgan fingerprint density at radius 1 is 1.29 bits per heavy atom. The number of hydrogen-bond acceptors (Lipinski definition) is 7. The molecule has 1 fully saturated rings. The van der Waals surface area contributed by atoms with E-state index < -0.39 is 16.9 Å². The van der Waals surface area contributed by atoms with Gasteiger partial charge < -0.3 is 15.5 Å². The molecule has 0 spiro atoms. The van der Waals surface area contributed by atoms with E-state index >= 15 is 0 Å². The number of aliphatic hydroxyl groups excluding tert-OH is 2. The number of para-hydroxylation sites is 1. The van der Waals surface area contributed by atoms with E-state index in [1.54, 1.807) is 17.6 Å². The predicted octanol–water partition coefficient (Wildman–Crippen LogP) is 2.95. The van der Waals surface area contributed by atoms with Crippen molar-refractivity contribution in [1.82, 2.24) is 9.97 Å². The first kappa shape index (κ1) is 19.4. The first-order valence-electron chi connectivity index (χ1n) is 9.22. The lowest BCUT2D eigenvalue weighted by Crippen LogP contribution is -2.19. The molecule has 1 aliphatic rings. The summed E-state index contributed by atoms with van der Waals surface area (Å²) in [6.45, 7) is 1.94. The number of aromatic nitrogens is 2. The van der Waals surface area contributed by atoms with Crippen LogP contribution >= 0.6 is 11.3 Å². The zero-order chi connectivity index (χ0) is 19.8. The van der Waals surface area contributed by atoms with E-state index in [2.05, 4.69) is 10.3 Å². The number of hydrogen-bond donors (Lipinski definition) is 3. The van der Waals surface area contributed by atoms with Crippen LogP contribution in [0.25, 0.3) is 20.8 Å². The quantitative estimate of drug-likeness (QED) is 0.591. The van der Waals surface area contributed by atoms with E-state index in [1.807, 2.05) is 37.3 Å². The molecule has 4 rings (SSSR count). The van der Waals surface area contributed by atoms with Crippen LogP contribution in [0.4, 0.5) is 5.82 Å². The van der Waals surface area contributed by atoms with Gasteiger partial charge in [-0.25, -0.2) is 9.97 Å². The number of nitrogens with one attached hydrogen (secondary N) is 1. The van der Waals surface area contributed by atoms with E-state index in [1.165, 1.54) is 0 Å². The largest absolute Gasteiger partial charge is 0.396 e. The Hall–Kier alpha value is -1.87. The molecule has 0 saturated heterocycles. The second-order valence-electron chi connectivity index (χ2n) is 7.26. The van der Waals surface area contributed by atoms with Crippen molar-refractivity contribution in [2.45, 2.75) is 36.9 Å². The Balaban J connectivity index is 1.77. The molecule has 148 valence electrons. The maximum Gasteiger partial charge on any atom is 0.138 e. The molecule has 4 atom stereocenters. The molecule has 8 heteroatoms. The van der Waals surface area contributed by atoms with Crippen molar-refractivity contribution in [2.24, 2.45) is 5.92 Å². The number of pyridine rings is 1. The average Bonchev–Trinajstić information content (AvgIpc) is 3.23. The minimum absolute atomic E-state index is 0.00674. The van der Waals surface area contributed by atoms with E-state index in [-0.39, 0.29) is 18.6 Å². The molecule has 1 unspecified atom stereocenters. The lowest BCUT2D eigenvalue weighted by atomic mass is 10.1. The molecule has 1 aliphatic carbocycles. The maximum atomic E-state index is 12.1. The Morgan fingerprint density at radius 3 is 2.75 bits per heavy atom. The van der Waals surface area contributed by atoms with Gasteiger partial charge in [-0.15, -0.1) is 11.3 Å². The van der Waals surface area contributed by atoms with E-state index in [9.17, 15) is 14.4 Å². The molecule has 0 aliphatic heterocycles. The summed E-state index contributed by atoms with van der Waals surface area (Å²) >= 11 is 1.60. The number of anilines is 1. The van der Waals surface area contributed by atoms with Gasteiger partial charge in [-0.05, 0) is 43.5 Å². The molecule has 3 N–H and O–H groups in total. The van der Waals surface area contributed by atoms with Crippen LogP contribution < -0.4 is 5.32 Å². The monoisotopic (exact) mass is 417 g/mol. The van der Waals surface area contributed by atoms with Crippen molar-refractivity contribution in [1.29, 1.82) is 0 Å². The molecule has 0 radical (unpaired) electrons. The Labute approximate surface area is 170 Å². The number of rotatable bonds is 5. The van der Waals surface area contributed by atoms with Gasteiger partial charge >= 0.3 is 0 Å². The van der Waals surface area contributed by atoms with Crippen LogP contribution in [0.5, 0.6) is 0 Å².